The maximum atomic E-state index is 12.5. The molecule has 0 rings (SSSR count). The molecule has 1 nitrogen and oxygen atoms in total. The third-order valence-electron chi connectivity index (χ3n) is 0.949. The summed E-state index contributed by atoms with van der Waals surface area (Å²) in [6, 6.07) is 0. The first-order chi connectivity index (χ1) is 5.61. The summed E-state index contributed by atoms with van der Waals surface area (Å²) in [7, 11) is 0. The van der Waals surface area contributed by atoms with Crippen LogP contribution in [0.3, 0.4) is 0 Å². The zero-order valence-corrected chi connectivity index (χ0v) is 6.50. The molecule has 0 aliphatic carbocycles. The molecule has 0 aromatic carbocycles. The van der Waals surface area contributed by atoms with Crippen LogP contribution in [0.15, 0.2) is 23.4 Å². The van der Waals surface area contributed by atoms with Gasteiger partial charge in [-0.2, -0.15) is 4.39 Å². The number of rotatable bonds is 2. The van der Waals surface area contributed by atoms with Gasteiger partial charge in [-0.15, -0.1) is 0 Å². The van der Waals surface area contributed by atoms with Gasteiger partial charge < -0.3 is 5.73 Å². The molecule has 0 aliphatic rings. The number of halogens is 3. The Balaban J connectivity index is 4.60. The third-order valence-corrected chi connectivity index (χ3v) is 0.949. The molecule has 0 fully saturated rings. The molecule has 0 aliphatic heterocycles. The van der Waals surface area contributed by atoms with Crippen LogP contribution in [0.2, 0.25) is 0 Å². The van der Waals surface area contributed by atoms with E-state index in [0.717, 1.165) is 0 Å². The third kappa shape index (κ3) is 3.71. The topological polar surface area (TPSA) is 26.0 Å². The van der Waals surface area contributed by atoms with Gasteiger partial charge in [-0.3, -0.25) is 0 Å². The Kier molecular flexibility index (Phi) is 4.70. The van der Waals surface area contributed by atoms with Crippen molar-refractivity contribution in [2.24, 2.45) is 5.73 Å². The molecule has 0 heterocycles. The Morgan fingerprint density at radius 2 is 2.08 bits per heavy atom. The number of allylic oxidation sites excluding steroid dienone is 4. The van der Waals surface area contributed by atoms with Gasteiger partial charge in [-0.25, -0.2) is 8.78 Å². The second-order valence-electron chi connectivity index (χ2n) is 1.87. The molecule has 0 spiro atoms. The van der Waals surface area contributed by atoms with E-state index in [2.05, 4.69) is 5.92 Å². The largest absolute Gasteiger partial charge is 0.398 e. The molecule has 2 N–H and O–H groups in total. The normalized spacial score (nSPS) is 13.2. The molecule has 0 radical (unpaired) electrons. The van der Waals surface area contributed by atoms with Crippen LogP contribution >= 0.6 is 0 Å². The van der Waals surface area contributed by atoms with E-state index >= 15 is 0 Å². The van der Waals surface area contributed by atoms with Crippen LogP contribution in [-0.2, 0) is 0 Å². The maximum absolute atomic E-state index is 12.5. The van der Waals surface area contributed by atoms with Crippen molar-refractivity contribution in [3.05, 3.63) is 23.4 Å². The predicted molar refractivity (Wildman–Crippen MR) is 40.9 cm³/mol. The Hall–Kier alpha value is -1.37. The number of alkyl halides is 1. The van der Waals surface area contributed by atoms with Crippen LogP contribution in [0, 0.1) is 11.8 Å². The smallest absolute Gasteiger partial charge is 0.176 e. The van der Waals surface area contributed by atoms with Gasteiger partial charge in [-0.1, -0.05) is 5.92 Å². The summed E-state index contributed by atoms with van der Waals surface area (Å²) in [4.78, 5) is 0. The highest BCUT2D eigenvalue weighted by atomic mass is 19.1. The van der Waals surface area contributed by atoms with Crippen LogP contribution in [0.1, 0.15) is 6.92 Å². The van der Waals surface area contributed by atoms with E-state index in [4.69, 9.17) is 5.73 Å². The highest BCUT2D eigenvalue weighted by Gasteiger charge is 1.99. The Labute approximate surface area is 68.8 Å². The first-order valence-corrected chi connectivity index (χ1v) is 3.11. The molecule has 0 atom stereocenters. The van der Waals surface area contributed by atoms with E-state index in [1.165, 1.54) is 6.92 Å². The number of hydrogen-bond acceptors (Lipinski definition) is 1. The molecule has 0 saturated heterocycles. The Bertz CT molecular complexity index is 268. The minimum absolute atomic E-state index is 0.450. The van der Waals surface area contributed by atoms with E-state index in [1.54, 1.807) is 0 Å². The lowest BCUT2D eigenvalue weighted by molar-refractivity contribution is 0.519. The average molecular weight is 175 g/mol. The lowest BCUT2D eigenvalue weighted by Crippen LogP contribution is -2.00. The molecule has 66 valence electrons. The number of nitrogens with two attached hydrogens (primary N) is 1. The van der Waals surface area contributed by atoms with Crippen LogP contribution in [0.25, 0.3) is 0 Å². The maximum Gasteiger partial charge on any atom is 0.176 e. The van der Waals surface area contributed by atoms with Crippen molar-refractivity contribution < 1.29 is 13.2 Å². The van der Waals surface area contributed by atoms with Gasteiger partial charge in [0.15, 0.2) is 5.83 Å². The molecule has 0 saturated carbocycles. The number of hydrogen-bond donors (Lipinski definition) is 1. The summed E-state index contributed by atoms with van der Waals surface area (Å²) in [5, 5.41) is 0. The van der Waals surface area contributed by atoms with Crippen molar-refractivity contribution in [1.29, 1.82) is 0 Å². The lowest BCUT2D eigenvalue weighted by atomic mass is 10.3. The molecular formula is C8H8F3N. The summed E-state index contributed by atoms with van der Waals surface area (Å²) in [5.41, 5.74) is 4.20. The van der Waals surface area contributed by atoms with E-state index in [9.17, 15) is 13.2 Å². The van der Waals surface area contributed by atoms with Gasteiger partial charge in [0.05, 0.1) is 5.70 Å². The monoisotopic (exact) mass is 175 g/mol. The fraction of sp³-hybridized carbons (Fsp3) is 0.250. The van der Waals surface area contributed by atoms with E-state index in [1.807, 2.05) is 5.92 Å². The molecule has 0 amide bonds. The van der Waals surface area contributed by atoms with E-state index < -0.39 is 24.0 Å². The second kappa shape index (κ2) is 5.30. The lowest BCUT2D eigenvalue weighted by Gasteiger charge is -1.92. The molecular weight excluding hydrogens is 167 g/mol. The summed E-state index contributed by atoms with van der Waals surface area (Å²) < 4.78 is 36.5. The van der Waals surface area contributed by atoms with Crippen molar-refractivity contribution in [1.82, 2.24) is 0 Å². The first-order valence-electron chi connectivity index (χ1n) is 3.11. The standard InChI is InChI=1S/C8H8F3N/c1-2-3-6(10)4-7(11)8(12)5-9/h4H,5,12H2,1H3/b6-4+,8-7-. The predicted octanol–water partition coefficient (Wildman–Crippen LogP) is 1.97. The van der Waals surface area contributed by atoms with Gasteiger partial charge in [0.1, 0.15) is 12.5 Å². The zero-order valence-electron chi connectivity index (χ0n) is 6.50. The van der Waals surface area contributed by atoms with Crippen molar-refractivity contribution in [2.45, 2.75) is 6.92 Å². The molecule has 0 aromatic rings. The van der Waals surface area contributed by atoms with Gasteiger partial charge in [0.2, 0.25) is 0 Å². The molecule has 0 unspecified atom stereocenters. The summed E-state index contributed by atoms with van der Waals surface area (Å²) >= 11 is 0. The zero-order chi connectivity index (χ0) is 9.56. The van der Waals surface area contributed by atoms with Crippen molar-refractivity contribution in [3.63, 3.8) is 0 Å². The van der Waals surface area contributed by atoms with Crippen molar-refractivity contribution in [2.75, 3.05) is 6.67 Å². The molecule has 0 bridgehead atoms. The first kappa shape index (κ1) is 10.6. The second-order valence-corrected chi connectivity index (χ2v) is 1.87. The SMILES string of the molecule is CC#C/C(F)=C\C(F)=C(\N)CF. The van der Waals surface area contributed by atoms with Crippen LogP contribution in [-0.4, -0.2) is 6.67 Å². The summed E-state index contributed by atoms with van der Waals surface area (Å²) in [6.07, 6.45) is 0.450. The summed E-state index contributed by atoms with van der Waals surface area (Å²) in [6.45, 7) is 0.253. The highest BCUT2D eigenvalue weighted by molar-refractivity contribution is 5.29. The van der Waals surface area contributed by atoms with Gasteiger partial charge in [-0.05, 0) is 12.8 Å². The van der Waals surface area contributed by atoms with E-state index in [0.29, 0.717) is 6.08 Å². The Morgan fingerprint density at radius 1 is 1.50 bits per heavy atom. The van der Waals surface area contributed by atoms with Crippen molar-refractivity contribution >= 4 is 0 Å². The minimum atomic E-state index is -1.14. The molecule has 12 heavy (non-hydrogen) atoms. The van der Waals surface area contributed by atoms with Gasteiger partial charge >= 0.3 is 0 Å². The molecule has 0 aromatic heterocycles. The minimum Gasteiger partial charge on any atom is -0.398 e. The van der Waals surface area contributed by atoms with Crippen LogP contribution in [0.4, 0.5) is 13.2 Å². The van der Waals surface area contributed by atoms with Gasteiger partial charge in [0.25, 0.3) is 0 Å². The van der Waals surface area contributed by atoms with Gasteiger partial charge in [0, 0.05) is 6.08 Å². The van der Waals surface area contributed by atoms with E-state index in [-0.39, 0.29) is 0 Å². The fourth-order valence-corrected chi connectivity index (χ4v) is 0.423. The van der Waals surface area contributed by atoms with Crippen LogP contribution in [0.5, 0.6) is 0 Å². The average Bonchev–Trinajstić information content (AvgIpc) is 2.03. The quantitative estimate of drug-likeness (QED) is 0.504. The van der Waals surface area contributed by atoms with Crippen LogP contribution < -0.4 is 5.73 Å². The Morgan fingerprint density at radius 3 is 2.50 bits per heavy atom. The summed E-state index contributed by atoms with van der Waals surface area (Å²) in [5.74, 6) is 2.05. The van der Waals surface area contributed by atoms with Crippen molar-refractivity contribution in [3.8, 4) is 11.8 Å². The fourth-order valence-electron chi connectivity index (χ4n) is 0.423. The molecule has 4 heteroatoms. The highest BCUT2D eigenvalue weighted by Crippen LogP contribution is 2.07.